The van der Waals surface area contributed by atoms with Crippen LogP contribution in [0, 0.1) is 0 Å². The van der Waals surface area contributed by atoms with Crippen molar-refractivity contribution in [1.29, 1.82) is 0 Å². The van der Waals surface area contributed by atoms with Gasteiger partial charge in [-0.25, -0.2) is 8.42 Å². The molecule has 7 heteroatoms. The number of benzene rings is 3. The molecule has 3 aromatic carbocycles. The van der Waals surface area contributed by atoms with E-state index in [1.54, 1.807) is 24.3 Å². The number of hydrogen-bond acceptors (Lipinski definition) is 4. The highest BCUT2D eigenvalue weighted by molar-refractivity contribution is 7.92. The molecule has 0 radical (unpaired) electrons. The van der Waals surface area contributed by atoms with Gasteiger partial charge in [-0.3, -0.25) is 9.10 Å². The average molecular weight is 382 g/mol. The minimum absolute atomic E-state index is 0.0741. The van der Waals surface area contributed by atoms with Crippen LogP contribution in [0.4, 0.5) is 11.4 Å². The van der Waals surface area contributed by atoms with Crippen molar-refractivity contribution in [1.82, 2.24) is 0 Å². The molecule has 138 valence electrons. The van der Waals surface area contributed by atoms with E-state index in [4.69, 9.17) is 4.74 Å². The first kappa shape index (κ1) is 17.4. The van der Waals surface area contributed by atoms with E-state index in [0.29, 0.717) is 17.1 Å². The Morgan fingerprint density at radius 1 is 1.04 bits per heavy atom. The van der Waals surface area contributed by atoms with Crippen molar-refractivity contribution in [2.75, 3.05) is 22.4 Å². The molecule has 1 N–H and O–H groups in total. The third kappa shape index (κ3) is 3.46. The smallest absolute Gasteiger partial charge is 0.267 e. The second kappa shape index (κ2) is 6.59. The molecule has 0 fully saturated rings. The van der Waals surface area contributed by atoms with Gasteiger partial charge in [0.15, 0.2) is 6.10 Å². The van der Waals surface area contributed by atoms with Gasteiger partial charge in [0.05, 0.1) is 18.5 Å². The zero-order valence-electron chi connectivity index (χ0n) is 14.6. The van der Waals surface area contributed by atoms with Gasteiger partial charge in [-0.2, -0.15) is 0 Å². The zero-order chi connectivity index (χ0) is 19.0. The fraction of sp³-hybridized carbons (Fsp3) is 0.150. The van der Waals surface area contributed by atoms with Gasteiger partial charge in [-0.15, -0.1) is 0 Å². The van der Waals surface area contributed by atoms with Gasteiger partial charge in [-0.05, 0) is 35.0 Å². The van der Waals surface area contributed by atoms with Crippen LogP contribution in [0.3, 0.4) is 0 Å². The molecule has 1 aliphatic heterocycles. The second-order valence-corrected chi connectivity index (χ2v) is 8.33. The predicted octanol–water partition coefficient (Wildman–Crippen LogP) is 3.01. The van der Waals surface area contributed by atoms with Gasteiger partial charge >= 0.3 is 0 Å². The van der Waals surface area contributed by atoms with E-state index in [9.17, 15) is 13.2 Å². The monoisotopic (exact) mass is 382 g/mol. The summed E-state index contributed by atoms with van der Waals surface area (Å²) in [6, 6.07) is 20.2. The molecule has 0 aromatic heterocycles. The summed E-state index contributed by atoms with van der Waals surface area (Å²) in [5.41, 5.74) is 1.07. The van der Waals surface area contributed by atoms with E-state index in [2.05, 4.69) is 5.32 Å². The number of carbonyl (C=O) groups is 1. The average Bonchev–Trinajstić information content (AvgIpc) is 2.66. The normalized spacial score (nSPS) is 16.5. The van der Waals surface area contributed by atoms with E-state index in [0.717, 1.165) is 17.0 Å². The molecule has 4 rings (SSSR count). The number of amides is 1. The molecular weight excluding hydrogens is 364 g/mol. The summed E-state index contributed by atoms with van der Waals surface area (Å²) in [5.74, 6) is -0.0266. The molecule has 0 saturated heterocycles. The lowest BCUT2D eigenvalue weighted by atomic mass is 10.1. The number of sulfonamides is 1. The first-order valence-corrected chi connectivity index (χ1v) is 10.3. The van der Waals surface area contributed by atoms with Crippen molar-refractivity contribution < 1.29 is 17.9 Å². The third-order valence-electron chi connectivity index (χ3n) is 4.44. The zero-order valence-corrected chi connectivity index (χ0v) is 15.4. The Labute approximate surface area is 157 Å². The summed E-state index contributed by atoms with van der Waals surface area (Å²) in [5, 5.41) is 4.89. The Hall–Kier alpha value is -3.06. The predicted molar refractivity (Wildman–Crippen MR) is 106 cm³/mol. The summed E-state index contributed by atoms with van der Waals surface area (Å²) < 4.78 is 31.3. The molecule has 0 spiro atoms. The maximum absolute atomic E-state index is 12.7. The number of nitrogens with zero attached hydrogens (tertiary/aromatic N) is 1. The summed E-state index contributed by atoms with van der Waals surface area (Å²) in [6.45, 7) is -0.0741. The number of fused-ring (bicyclic) bond motifs is 2. The van der Waals surface area contributed by atoms with E-state index in [-0.39, 0.29) is 6.54 Å². The van der Waals surface area contributed by atoms with Crippen LogP contribution in [0.15, 0.2) is 66.7 Å². The van der Waals surface area contributed by atoms with Crippen molar-refractivity contribution in [2.45, 2.75) is 6.10 Å². The topological polar surface area (TPSA) is 75.7 Å². The number of ether oxygens (including phenoxy) is 1. The minimum atomic E-state index is -3.53. The van der Waals surface area contributed by atoms with E-state index < -0.39 is 22.0 Å². The van der Waals surface area contributed by atoms with Crippen molar-refractivity contribution in [3.63, 3.8) is 0 Å². The van der Waals surface area contributed by atoms with Gasteiger partial charge in [0.1, 0.15) is 5.75 Å². The summed E-state index contributed by atoms with van der Waals surface area (Å²) in [7, 11) is -3.53. The van der Waals surface area contributed by atoms with Crippen molar-refractivity contribution in [2.24, 2.45) is 0 Å². The third-order valence-corrected chi connectivity index (χ3v) is 5.59. The van der Waals surface area contributed by atoms with Crippen LogP contribution in [0.5, 0.6) is 5.75 Å². The number of hydrogen-bond donors (Lipinski definition) is 1. The Kier molecular flexibility index (Phi) is 4.24. The summed E-state index contributed by atoms with van der Waals surface area (Å²) in [6.07, 6.45) is 0.175. The maximum atomic E-state index is 12.7. The van der Waals surface area contributed by atoms with Crippen molar-refractivity contribution in [3.05, 3.63) is 66.7 Å². The van der Waals surface area contributed by atoms with Gasteiger partial charge in [0.2, 0.25) is 10.0 Å². The fourth-order valence-corrected chi connectivity index (χ4v) is 4.06. The van der Waals surface area contributed by atoms with Crippen LogP contribution < -0.4 is 14.4 Å². The Balaban J connectivity index is 1.60. The van der Waals surface area contributed by atoms with Crippen LogP contribution >= 0.6 is 0 Å². The molecular formula is C20H18N2O4S. The number of anilines is 2. The molecule has 0 unspecified atom stereocenters. The summed E-state index contributed by atoms with van der Waals surface area (Å²) >= 11 is 0. The summed E-state index contributed by atoms with van der Waals surface area (Å²) in [4.78, 5) is 12.7. The Bertz CT molecular complexity index is 1130. The molecule has 0 bridgehead atoms. The first-order valence-electron chi connectivity index (χ1n) is 8.45. The number of rotatable bonds is 3. The lowest BCUT2D eigenvalue weighted by Crippen LogP contribution is -2.48. The molecule has 1 amide bonds. The van der Waals surface area contributed by atoms with Crippen molar-refractivity contribution >= 4 is 38.1 Å². The van der Waals surface area contributed by atoms with Crippen LogP contribution in [0.25, 0.3) is 10.8 Å². The number of carbonyl (C=O) groups excluding carboxylic acids is 1. The maximum Gasteiger partial charge on any atom is 0.267 e. The van der Waals surface area contributed by atoms with E-state index in [1.165, 1.54) is 4.31 Å². The largest absolute Gasteiger partial charge is 0.476 e. The molecule has 6 nitrogen and oxygen atoms in total. The van der Waals surface area contributed by atoms with Gasteiger partial charge < -0.3 is 10.1 Å². The lowest BCUT2D eigenvalue weighted by Gasteiger charge is -2.33. The number of para-hydroxylation sites is 2. The molecule has 0 aliphatic carbocycles. The highest BCUT2D eigenvalue weighted by Crippen LogP contribution is 2.34. The van der Waals surface area contributed by atoms with E-state index >= 15 is 0 Å². The Morgan fingerprint density at radius 2 is 1.74 bits per heavy atom. The first-order chi connectivity index (χ1) is 12.9. The van der Waals surface area contributed by atoms with Crippen molar-refractivity contribution in [3.8, 4) is 5.75 Å². The van der Waals surface area contributed by atoms with Crippen LogP contribution in [0.2, 0.25) is 0 Å². The lowest BCUT2D eigenvalue weighted by molar-refractivity contribution is -0.122. The molecule has 1 heterocycles. The van der Waals surface area contributed by atoms with Crippen LogP contribution in [-0.2, 0) is 14.8 Å². The second-order valence-electron chi connectivity index (χ2n) is 6.42. The fourth-order valence-electron chi connectivity index (χ4n) is 3.14. The van der Waals surface area contributed by atoms with Gasteiger partial charge in [-0.1, -0.05) is 42.5 Å². The number of nitrogens with one attached hydrogen (secondary N) is 1. The minimum Gasteiger partial charge on any atom is -0.476 e. The molecule has 0 saturated carbocycles. The SMILES string of the molecule is CS(=O)(=O)N1C[C@H](C(=O)Nc2ccc3ccccc3c2)Oc2ccccc21. The highest BCUT2D eigenvalue weighted by Gasteiger charge is 2.34. The Morgan fingerprint density at radius 3 is 2.52 bits per heavy atom. The molecule has 3 aromatic rings. The van der Waals surface area contributed by atoms with Crippen LogP contribution in [-0.4, -0.2) is 33.2 Å². The molecule has 27 heavy (non-hydrogen) atoms. The van der Waals surface area contributed by atoms with Crippen LogP contribution in [0.1, 0.15) is 0 Å². The van der Waals surface area contributed by atoms with E-state index in [1.807, 2.05) is 42.5 Å². The quantitative estimate of drug-likeness (QED) is 0.756. The molecule has 1 aliphatic rings. The van der Waals surface area contributed by atoms with Gasteiger partial charge in [0, 0.05) is 5.69 Å². The standard InChI is InChI=1S/C20H18N2O4S/c1-27(24,25)22-13-19(26-18-9-5-4-8-17(18)22)20(23)21-16-11-10-14-6-2-3-7-15(14)12-16/h2-12,19H,13H2,1H3,(H,21,23)/t19-/m1/s1. The highest BCUT2D eigenvalue weighted by atomic mass is 32.2. The molecule has 1 atom stereocenters. The van der Waals surface area contributed by atoms with Gasteiger partial charge in [0.25, 0.3) is 5.91 Å².